The fourth-order valence-electron chi connectivity index (χ4n) is 3.89. The van der Waals surface area contributed by atoms with E-state index in [0.717, 1.165) is 0 Å². The number of fused-ring (bicyclic) bond motifs is 3. The van der Waals surface area contributed by atoms with Crippen LogP contribution in [0.25, 0.3) is 16.9 Å². The molecule has 2 bridgehead atoms. The molecule has 2 saturated heterocycles. The third-order valence-electron chi connectivity index (χ3n) is 5.31. The molecule has 6 rings (SSSR count). The van der Waals surface area contributed by atoms with Crippen molar-refractivity contribution >= 4 is 11.3 Å². The Morgan fingerprint density at radius 3 is 2.69 bits per heavy atom. The number of aromatic nitrogens is 5. The molecule has 0 aromatic carbocycles. The van der Waals surface area contributed by atoms with Gasteiger partial charge in [-0.3, -0.25) is 9.78 Å². The average molecular weight is 360 g/mol. The zero-order valence-corrected chi connectivity index (χ0v) is 13.4. The van der Waals surface area contributed by atoms with E-state index in [2.05, 4.69) is 20.1 Å². The summed E-state index contributed by atoms with van der Waals surface area (Å²) in [7, 11) is 0. The number of rotatable bonds is 2. The van der Waals surface area contributed by atoms with Crippen LogP contribution in [0.1, 0.15) is 6.42 Å². The van der Waals surface area contributed by atoms with E-state index in [1.165, 1.54) is 10.7 Å². The number of piperidine rings is 2. The highest BCUT2D eigenvalue weighted by molar-refractivity contribution is 5.74. The lowest BCUT2D eigenvalue weighted by molar-refractivity contribution is -0.194. The summed E-state index contributed by atoms with van der Waals surface area (Å²) >= 11 is 0. The van der Waals surface area contributed by atoms with Gasteiger partial charge in [-0.2, -0.15) is 5.10 Å². The first-order valence-corrected chi connectivity index (χ1v) is 8.23. The lowest BCUT2D eigenvalue weighted by Crippen LogP contribution is -2.62. The summed E-state index contributed by atoms with van der Waals surface area (Å²) in [6, 6.07) is 1.66. The largest absolute Gasteiger partial charge is 0.367 e. The van der Waals surface area contributed by atoms with E-state index in [0.29, 0.717) is 23.4 Å². The fourth-order valence-corrected chi connectivity index (χ4v) is 3.89. The third kappa shape index (κ3) is 2.04. The van der Waals surface area contributed by atoms with Gasteiger partial charge in [0.15, 0.2) is 5.65 Å². The van der Waals surface area contributed by atoms with E-state index in [1.807, 2.05) is 4.90 Å². The molecule has 1 aliphatic carbocycles. The molecule has 2 unspecified atom stereocenters. The van der Waals surface area contributed by atoms with E-state index in [4.69, 9.17) is 0 Å². The van der Waals surface area contributed by atoms with Gasteiger partial charge in [-0.25, -0.2) is 23.1 Å². The number of aromatic amines is 2. The summed E-state index contributed by atoms with van der Waals surface area (Å²) in [5, 5.41) is 4.35. The Morgan fingerprint density at radius 1 is 1.23 bits per heavy atom. The molecule has 5 heterocycles. The molecule has 10 heteroatoms. The van der Waals surface area contributed by atoms with Crippen molar-refractivity contribution in [3.8, 4) is 11.3 Å². The molecule has 0 amide bonds. The molecule has 134 valence electrons. The molecule has 3 aliphatic rings. The van der Waals surface area contributed by atoms with Gasteiger partial charge in [0.1, 0.15) is 5.69 Å². The van der Waals surface area contributed by atoms with Crippen molar-refractivity contribution in [2.45, 2.75) is 12.3 Å². The molecule has 3 aromatic heterocycles. The van der Waals surface area contributed by atoms with E-state index >= 15 is 0 Å². The number of halogens is 2. The van der Waals surface area contributed by atoms with Crippen LogP contribution in [0, 0.1) is 11.8 Å². The highest BCUT2D eigenvalue weighted by Crippen LogP contribution is 2.53. The van der Waals surface area contributed by atoms with Crippen molar-refractivity contribution in [2.24, 2.45) is 11.8 Å². The van der Waals surface area contributed by atoms with Crippen LogP contribution in [0.5, 0.6) is 0 Å². The van der Waals surface area contributed by atoms with Gasteiger partial charge in [-0.1, -0.05) is 0 Å². The maximum absolute atomic E-state index is 13.9. The van der Waals surface area contributed by atoms with E-state index in [-0.39, 0.29) is 18.7 Å². The lowest BCUT2D eigenvalue weighted by Gasteiger charge is -2.53. The van der Waals surface area contributed by atoms with Crippen molar-refractivity contribution in [2.75, 3.05) is 18.0 Å². The minimum Gasteiger partial charge on any atom is -0.367 e. The zero-order chi connectivity index (χ0) is 18.1. The predicted octanol–water partition coefficient (Wildman–Crippen LogP) is 0.864. The van der Waals surface area contributed by atoms with Gasteiger partial charge in [0, 0.05) is 43.5 Å². The SMILES string of the molecule is O=c1[nH]cc(-c2cc(N3CC4CC(C3)C4(F)F)c3nccn3n2)c(=O)[nH]1. The van der Waals surface area contributed by atoms with Gasteiger partial charge in [0.2, 0.25) is 0 Å². The van der Waals surface area contributed by atoms with Gasteiger partial charge in [0.25, 0.3) is 11.5 Å². The number of alkyl halides is 2. The van der Waals surface area contributed by atoms with E-state index < -0.39 is 29.0 Å². The van der Waals surface area contributed by atoms with Crippen LogP contribution in [0.15, 0.2) is 34.2 Å². The molecule has 0 spiro atoms. The molecule has 2 N–H and O–H groups in total. The van der Waals surface area contributed by atoms with Crippen LogP contribution in [0.4, 0.5) is 14.5 Å². The number of anilines is 1. The summed E-state index contributed by atoms with van der Waals surface area (Å²) in [6.07, 6.45) is 5.01. The second-order valence-electron chi connectivity index (χ2n) is 6.80. The quantitative estimate of drug-likeness (QED) is 0.706. The molecule has 1 saturated carbocycles. The number of imidazole rings is 1. The topological polar surface area (TPSA) is 99.2 Å². The minimum absolute atomic E-state index is 0.189. The fraction of sp³-hybridized carbons (Fsp3) is 0.375. The van der Waals surface area contributed by atoms with Crippen LogP contribution in [-0.2, 0) is 0 Å². The standard InChI is InChI=1S/C16H14F2N6O2/c17-16(18)8-3-9(16)7-23(6-8)12-4-11(22-24-2-1-19-13(12)24)10-5-20-15(26)21-14(10)25/h1-2,4-5,8-9H,3,6-7H2,(H2,20,21,25,26). The Labute approximate surface area is 144 Å². The lowest BCUT2D eigenvalue weighted by atomic mass is 9.67. The van der Waals surface area contributed by atoms with Crippen molar-refractivity contribution < 1.29 is 8.78 Å². The summed E-state index contributed by atoms with van der Waals surface area (Å²) in [5.41, 5.74) is 0.527. The van der Waals surface area contributed by atoms with Crippen molar-refractivity contribution in [3.05, 3.63) is 45.5 Å². The second-order valence-corrected chi connectivity index (χ2v) is 6.80. The van der Waals surface area contributed by atoms with E-state index in [1.54, 1.807) is 18.5 Å². The normalized spacial score (nSPS) is 23.8. The van der Waals surface area contributed by atoms with Crippen LogP contribution >= 0.6 is 0 Å². The van der Waals surface area contributed by atoms with Crippen molar-refractivity contribution in [1.29, 1.82) is 0 Å². The molecule has 2 atom stereocenters. The number of nitrogens with zero attached hydrogens (tertiary/aromatic N) is 4. The van der Waals surface area contributed by atoms with Crippen molar-refractivity contribution in [3.63, 3.8) is 0 Å². The van der Waals surface area contributed by atoms with Crippen LogP contribution in [0.2, 0.25) is 0 Å². The number of hydrogen-bond acceptors (Lipinski definition) is 5. The maximum atomic E-state index is 13.9. The van der Waals surface area contributed by atoms with Gasteiger partial charge in [0.05, 0.1) is 11.3 Å². The second kappa shape index (κ2) is 4.99. The molecular weight excluding hydrogens is 346 g/mol. The molecule has 0 radical (unpaired) electrons. The smallest absolute Gasteiger partial charge is 0.325 e. The molecule has 8 nitrogen and oxygen atoms in total. The Morgan fingerprint density at radius 2 is 2.00 bits per heavy atom. The molecule has 2 aliphatic heterocycles. The molecular formula is C16H14F2N6O2. The third-order valence-corrected chi connectivity index (χ3v) is 5.31. The summed E-state index contributed by atoms with van der Waals surface area (Å²) < 4.78 is 29.3. The van der Waals surface area contributed by atoms with Crippen LogP contribution in [0.3, 0.4) is 0 Å². The molecule has 3 aromatic rings. The van der Waals surface area contributed by atoms with Gasteiger partial charge < -0.3 is 9.88 Å². The van der Waals surface area contributed by atoms with Crippen molar-refractivity contribution in [1.82, 2.24) is 24.6 Å². The summed E-state index contributed by atoms with van der Waals surface area (Å²) in [4.78, 5) is 34.1. The number of hydrogen-bond donors (Lipinski definition) is 2. The highest BCUT2D eigenvalue weighted by atomic mass is 19.3. The van der Waals surface area contributed by atoms with Gasteiger partial charge >= 0.3 is 5.69 Å². The van der Waals surface area contributed by atoms with E-state index in [9.17, 15) is 18.4 Å². The summed E-state index contributed by atoms with van der Waals surface area (Å²) in [6.45, 7) is 0.467. The molecule has 3 fully saturated rings. The number of H-pyrrole nitrogens is 2. The monoisotopic (exact) mass is 360 g/mol. The Hall–Kier alpha value is -3.04. The van der Waals surface area contributed by atoms with Gasteiger partial charge in [-0.05, 0) is 12.5 Å². The zero-order valence-electron chi connectivity index (χ0n) is 13.4. The average Bonchev–Trinajstić information content (AvgIpc) is 3.09. The van der Waals surface area contributed by atoms with Crippen LogP contribution < -0.4 is 16.1 Å². The minimum atomic E-state index is -2.60. The Kier molecular flexibility index (Phi) is 2.92. The maximum Gasteiger partial charge on any atom is 0.325 e. The number of nitrogens with one attached hydrogen (secondary N) is 2. The highest BCUT2D eigenvalue weighted by Gasteiger charge is 2.61. The summed E-state index contributed by atoms with van der Waals surface area (Å²) in [5.74, 6) is -3.93. The van der Waals surface area contributed by atoms with Gasteiger partial charge in [-0.15, -0.1) is 0 Å². The van der Waals surface area contributed by atoms with Crippen LogP contribution in [-0.4, -0.2) is 43.6 Å². The first kappa shape index (κ1) is 15.2. The first-order chi connectivity index (χ1) is 12.4. The Bertz CT molecular complexity index is 1120. The first-order valence-electron chi connectivity index (χ1n) is 8.23. The molecule has 26 heavy (non-hydrogen) atoms. The predicted molar refractivity (Wildman–Crippen MR) is 88.4 cm³/mol. The Balaban J connectivity index is 1.63.